The SMILES string of the molecule is CCOc1cc(CCN)cc(Br)c1OC(C)CC. The Morgan fingerprint density at radius 3 is 2.61 bits per heavy atom. The van der Waals surface area contributed by atoms with Gasteiger partial charge in [0.1, 0.15) is 0 Å². The zero-order valence-corrected chi connectivity index (χ0v) is 12.9. The molecule has 2 N–H and O–H groups in total. The maximum atomic E-state index is 5.91. The summed E-state index contributed by atoms with van der Waals surface area (Å²) in [5.41, 5.74) is 6.74. The molecule has 0 aromatic heterocycles. The number of rotatable bonds is 7. The minimum atomic E-state index is 0.167. The summed E-state index contributed by atoms with van der Waals surface area (Å²) in [6.07, 6.45) is 1.96. The first-order chi connectivity index (χ1) is 8.62. The molecule has 0 aliphatic heterocycles. The van der Waals surface area contributed by atoms with Crippen molar-refractivity contribution < 1.29 is 9.47 Å². The summed E-state index contributed by atoms with van der Waals surface area (Å²) >= 11 is 3.55. The Hall–Kier alpha value is -0.740. The third kappa shape index (κ3) is 4.18. The van der Waals surface area contributed by atoms with Gasteiger partial charge in [-0.3, -0.25) is 0 Å². The molecule has 0 amide bonds. The molecule has 0 saturated carbocycles. The molecule has 4 heteroatoms. The fraction of sp³-hybridized carbons (Fsp3) is 0.571. The van der Waals surface area contributed by atoms with Gasteiger partial charge in [-0.25, -0.2) is 0 Å². The van der Waals surface area contributed by atoms with E-state index in [0.29, 0.717) is 13.2 Å². The summed E-state index contributed by atoms with van der Waals surface area (Å²) in [6, 6.07) is 4.06. The smallest absolute Gasteiger partial charge is 0.175 e. The molecule has 102 valence electrons. The summed E-state index contributed by atoms with van der Waals surface area (Å²) in [4.78, 5) is 0. The number of nitrogens with two attached hydrogens (primary N) is 1. The molecule has 0 heterocycles. The van der Waals surface area contributed by atoms with Gasteiger partial charge >= 0.3 is 0 Å². The van der Waals surface area contributed by atoms with Gasteiger partial charge in [-0.1, -0.05) is 6.92 Å². The van der Waals surface area contributed by atoms with Crippen LogP contribution in [-0.4, -0.2) is 19.3 Å². The molecule has 0 fully saturated rings. The third-order valence-corrected chi connectivity index (χ3v) is 3.29. The highest BCUT2D eigenvalue weighted by molar-refractivity contribution is 9.10. The molecule has 3 nitrogen and oxygen atoms in total. The Bertz CT molecular complexity index is 382. The van der Waals surface area contributed by atoms with E-state index >= 15 is 0 Å². The molecule has 0 bridgehead atoms. The lowest BCUT2D eigenvalue weighted by Crippen LogP contribution is -2.12. The van der Waals surface area contributed by atoms with E-state index in [1.165, 1.54) is 0 Å². The summed E-state index contributed by atoms with van der Waals surface area (Å²) in [5, 5.41) is 0. The monoisotopic (exact) mass is 315 g/mol. The van der Waals surface area contributed by atoms with Crippen LogP contribution in [0.5, 0.6) is 11.5 Å². The van der Waals surface area contributed by atoms with Crippen LogP contribution in [0.4, 0.5) is 0 Å². The highest BCUT2D eigenvalue weighted by Gasteiger charge is 2.14. The van der Waals surface area contributed by atoms with Crippen LogP contribution in [0, 0.1) is 0 Å². The first-order valence-electron chi connectivity index (χ1n) is 6.44. The summed E-state index contributed by atoms with van der Waals surface area (Å²) in [7, 11) is 0. The van der Waals surface area contributed by atoms with Crippen molar-refractivity contribution in [3.63, 3.8) is 0 Å². The van der Waals surface area contributed by atoms with Crippen LogP contribution < -0.4 is 15.2 Å². The standard InChI is InChI=1S/C14H22BrNO2/c1-4-10(3)18-14-12(15)8-11(6-7-16)9-13(14)17-5-2/h8-10H,4-7,16H2,1-3H3. The van der Waals surface area contributed by atoms with E-state index in [-0.39, 0.29) is 6.10 Å². The largest absolute Gasteiger partial charge is 0.490 e. The summed E-state index contributed by atoms with van der Waals surface area (Å²) in [5.74, 6) is 1.57. The molecule has 1 aromatic rings. The highest BCUT2D eigenvalue weighted by atomic mass is 79.9. The van der Waals surface area contributed by atoms with Crippen LogP contribution in [0.1, 0.15) is 32.8 Å². The van der Waals surface area contributed by atoms with Gasteiger partial charge in [-0.05, 0) is 66.9 Å². The van der Waals surface area contributed by atoms with E-state index in [1.54, 1.807) is 0 Å². The lowest BCUT2D eigenvalue weighted by atomic mass is 10.1. The van der Waals surface area contributed by atoms with Crippen molar-refractivity contribution in [2.75, 3.05) is 13.2 Å². The maximum Gasteiger partial charge on any atom is 0.175 e. The molecule has 1 rings (SSSR count). The zero-order chi connectivity index (χ0) is 13.5. The van der Waals surface area contributed by atoms with Crippen molar-refractivity contribution in [3.05, 3.63) is 22.2 Å². The third-order valence-electron chi connectivity index (χ3n) is 2.70. The van der Waals surface area contributed by atoms with E-state index in [2.05, 4.69) is 29.8 Å². The maximum absolute atomic E-state index is 5.91. The van der Waals surface area contributed by atoms with Crippen molar-refractivity contribution in [3.8, 4) is 11.5 Å². The van der Waals surface area contributed by atoms with Gasteiger partial charge in [0, 0.05) is 0 Å². The highest BCUT2D eigenvalue weighted by Crippen LogP contribution is 2.37. The Morgan fingerprint density at radius 2 is 2.06 bits per heavy atom. The lowest BCUT2D eigenvalue weighted by Gasteiger charge is -2.18. The molecule has 0 spiro atoms. The van der Waals surface area contributed by atoms with E-state index in [0.717, 1.165) is 34.4 Å². The molecule has 1 atom stereocenters. The Balaban J connectivity index is 3.05. The van der Waals surface area contributed by atoms with E-state index in [4.69, 9.17) is 15.2 Å². The molecule has 1 unspecified atom stereocenters. The molecule has 18 heavy (non-hydrogen) atoms. The van der Waals surface area contributed by atoms with Crippen molar-refractivity contribution >= 4 is 15.9 Å². The second-order valence-corrected chi connectivity index (χ2v) is 5.07. The average molecular weight is 316 g/mol. The van der Waals surface area contributed by atoms with Gasteiger partial charge in [0.15, 0.2) is 11.5 Å². The topological polar surface area (TPSA) is 44.5 Å². The van der Waals surface area contributed by atoms with E-state index in [9.17, 15) is 0 Å². The lowest BCUT2D eigenvalue weighted by molar-refractivity contribution is 0.201. The molecule has 1 aromatic carbocycles. The Kier molecular flexibility index (Phi) is 6.50. The zero-order valence-electron chi connectivity index (χ0n) is 11.3. The number of halogens is 1. The van der Waals surface area contributed by atoms with Crippen LogP contribution >= 0.6 is 15.9 Å². The molecular weight excluding hydrogens is 294 g/mol. The van der Waals surface area contributed by atoms with Gasteiger partial charge in [0.2, 0.25) is 0 Å². The summed E-state index contributed by atoms with van der Waals surface area (Å²) in [6.45, 7) is 7.37. The fourth-order valence-electron chi connectivity index (χ4n) is 1.59. The van der Waals surface area contributed by atoms with E-state index in [1.807, 2.05) is 19.1 Å². The quantitative estimate of drug-likeness (QED) is 0.837. The number of ether oxygens (including phenoxy) is 2. The summed E-state index contributed by atoms with van der Waals surface area (Å²) < 4.78 is 12.5. The van der Waals surface area contributed by atoms with Crippen LogP contribution in [0.15, 0.2) is 16.6 Å². The number of benzene rings is 1. The molecule has 0 aliphatic carbocycles. The van der Waals surface area contributed by atoms with Gasteiger partial charge < -0.3 is 15.2 Å². The van der Waals surface area contributed by atoms with Crippen LogP contribution in [0.3, 0.4) is 0 Å². The first kappa shape index (κ1) is 15.3. The van der Waals surface area contributed by atoms with Crippen molar-refractivity contribution in [2.24, 2.45) is 5.73 Å². The van der Waals surface area contributed by atoms with Gasteiger partial charge in [-0.15, -0.1) is 0 Å². The van der Waals surface area contributed by atoms with Crippen LogP contribution in [0.25, 0.3) is 0 Å². The minimum Gasteiger partial charge on any atom is -0.490 e. The van der Waals surface area contributed by atoms with Crippen LogP contribution in [0.2, 0.25) is 0 Å². The second-order valence-electron chi connectivity index (χ2n) is 4.21. The molecule has 0 saturated heterocycles. The van der Waals surface area contributed by atoms with E-state index < -0.39 is 0 Å². The fourth-order valence-corrected chi connectivity index (χ4v) is 2.18. The molecular formula is C14H22BrNO2. The Morgan fingerprint density at radius 1 is 1.33 bits per heavy atom. The average Bonchev–Trinajstić information content (AvgIpc) is 2.34. The number of hydrogen-bond acceptors (Lipinski definition) is 3. The van der Waals surface area contributed by atoms with Crippen LogP contribution in [-0.2, 0) is 6.42 Å². The Labute approximate surface area is 118 Å². The van der Waals surface area contributed by atoms with Crippen molar-refractivity contribution in [1.29, 1.82) is 0 Å². The minimum absolute atomic E-state index is 0.167. The normalized spacial score (nSPS) is 12.3. The van der Waals surface area contributed by atoms with Crippen molar-refractivity contribution in [1.82, 2.24) is 0 Å². The second kappa shape index (κ2) is 7.64. The van der Waals surface area contributed by atoms with Gasteiger partial charge in [0.25, 0.3) is 0 Å². The van der Waals surface area contributed by atoms with Gasteiger partial charge in [0.05, 0.1) is 17.2 Å². The number of hydrogen-bond donors (Lipinski definition) is 1. The predicted molar refractivity (Wildman–Crippen MR) is 78.5 cm³/mol. The molecule has 0 radical (unpaired) electrons. The predicted octanol–water partition coefficient (Wildman–Crippen LogP) is 3.53. The molecule has 0 aliphatic rings. The van der Waals surface area contributed by atoms with Crippen molar-refractivity contribution in [2.45, 2.75) is 39.7 Å². The van der Waals surface area contributed by atoms with Gasteiger partial charge in [-0.2, -0.15) is 0 Å². The first-order valence-corrected chi connectivity index (χ1v) is 7.23.